The number of amides is 1. The highest BCUT2D eigenvalue weighted by Crippen LogP contribution is 2.30. The molecule has 12 heteroatoms. The second-order valence-electron chi connectivity index (χ2n) is 9.59. The number of hydrogen-bond acceptors (Lipinski definition) is 9. The van der Waals surface area contributed by atoms with E-state index in [4.69, 9.17) is 4.74 Å². The lowest BCUT2D eigenvalue weighted by atomic mass is 10.1. The second-order valence-corrected chi connectivity index (χ2v) is 9.59. The van der Waals surface area contributed by atoms with Crippen LogP contribution >= 0.6 is 0 Å². The maximum atomic E-state index is 12.8. The number of hydrogen-bond donors (Lipinski definition) is 4. The van der Waals surface area contributed by atoms with Gasteiger partial charge in [0.25, 0.3) is 5.91 Å². The third-order valence-electron chi connectivity index (χ3n) is 7.02. The van der Waals surface area contributed by atoms with E-state index in [1.807, 2.05) is 42.5 Å². The van der Waals surface area contributed by atoms with Crippen molar-refractivity contribution in [1.29, 1.82) is 0 Å². The van der Waals surface area contributed by atoms with Gasteiger partial charge in [0.2, 0.25) is 0 Å². The van der Waals surface area contributed by atoms with E-state index in [2.05, 4.69) is 40.6 Å². The standard InChI is InChI=1S/C29H25N9O3/c39-28(36-22-6-8-25(30-15-22)37-9-11-41-12-10-37)18-1-4-21(5-2-18)35-26-27-33-17-34-38(27)24(16-31-26)19-3-7-23-20(13-19)14-32-29(23)40/h1-8,13-17,32,40H,9-12H2,(H,31,35)(H,36,39). The molecule has 1 saturated heterocycles. The molecular weight excluding hydrogens is 522 g/mol. The zero-order valence-corrected chi connectivity index (χ0v) is 21.8. The summed E-state index contributed by atoms with van der Waals surface area (Å²) >= 11 is 0. The second kappa shape index (κ2) is 10.2. The van der Waals surface area contributed by atoms with E-state index in [0.717, 1.165) is 46.6 Å². The molecule has 12 nitrogen and oxygen atoms in total. The Hall–Kier alpha value is -5.49. The molecule has 204 valence electrons. The Balaban J connectivity index is 1.05. The zero-order chi connectivity index (χ0) is 27.8. The Morgan fingerprint density at radius 3 is 2.59 bits per heavy atom. The number of carbonyl (C=O) groups is 1. The van der Waals surface area contributed by atoms with Gasteiger partial charge in [0, 0.05) is 46.9 Å². The highest BCUT2D eigenvalue weighted by atomic mass is 16.5. The van der Waals surface area contributed by atoms with Crippen LogP contribution in [0.4, 0.5) is 23.0 Å². The van der Waals surface area contributed by atoms with Gasteiger partial charge in [0.05, 0.1) is 37.0 Å². The predicted octanol–water partition coefficient (Wildman–Crippen LogP) is 4.21. The van der Waals surface area contributed by atoms with Gasteiger partial charge in [0.15, 0.2) is 17.3 Å². The molecule has 0 atom stereocenters. The van der Waals surface area contributed by atoms with Crippen molar-refractivity contribution >= 4 is 45.3 Å². The van der Waals surface area contributed by atoms with E-state index >= 15 is 0 Å². The van der Waals surface area contributed by atoms with Gasteiger partial charge in [-0.15, -0.1) is 0 Å². The SMILES string of the molecule is O=C(Nc1ccc(N2CCOCC2)nc1)c1ccc(Nc2ncc(-c3ccc4c(O)[nH]cc4c3)n3ncnc23)cc1. The first-order valence-corrected chi connectivity index (χ1v) is 13.1. The van der Waals surface area contributed by atoms with Crippen LogP contribution in [0.15, 0.2) is 79.5 Å². The lowest BCUT2D eigenvalue weighted by Gasteiger charge is -2.27. The van der Waals surface area contributed by atoms with Crippen LogP contribution in [-0.4, -0.2) is 66.9 Å². The van der Waals surface area contributed by atoms with Crippen LogP contribution in [0.3, 0.4) is 0 Å². The Morgan fingerprint density at radius 2 is 1.78 bits per heavy atom. The fourth-order valence-electron chi connectivity index (χ4n) is 4.87. The number of H-pyrrole nitrogens is 1. The van der Waals surface area contributed by atoms with E-state index in [9.17, 15) is 9.90 Å². The first kappa shape index (κ1) is 24.5. The zero-order valence-electron chi connectivity index (χ0n) is 21.8. The maximum Gasteiger partial charge on any atom is 0.255 e. The Kier molecular flexibility index (Phi) is 6.13. The normalized spacial score (nSPS) is 13.5. The number of rotatable bonds is 6. The molecule has 41 heavy (non-hydrogen) atoms. The topological polar surface area (TPSA) is 146 Å². The van der Waals surface area contributed by atoms with Crippen molar-refractivity contribution in [3.8, 4) is 17.1 Å². The summed E-state index contributed by atoms with van der Waals surface area (Å²) in [7, 11) is 0. The van der Waals surface area contributed by atoms with Gasteiger partial charge < -0.3 is 30.4 Å². The van der Waals surface area contributed by atoms with Crippen molar-refractivity contribution < 1.29 is 14.6 Å². The molecular formula is C29H25N9O3. The molecule has 0 unspecified atom stereocenters. The molecule has 7 rings (SSSR count). The summed E-state index contributed by atoms with van der Waals surface area (Å²) in [6.45, 7) is 2.98. The number of aromatic nitrogens is 6. The molecule has 0 bridgehead atoms. The van der Waals surface area contributed by atoms with E-state index < -0.39 is 0 Å². The highest BCUT2D eigenvalue weighted by molar-refractivity contribution is 6.04. The lowest BCUT2D eigenvalue weighted by molar-refractivity contribution is 0.102. The minimum atomic E-state index is -0.229. The number of aromatic hydroxyl groups is 1. The summed E-state index contributed by atoms with van der Waals surface area (Å²) in [4.78, 5) is 31.3. The minimum Gasteiger partial charge on any atom is -0.494 e. The van der Waals surface area contributed by atoms with Gasteiger partial charge in [-0.1, -0.05) is 6.07 Å². The Labute approximate surface area is 233 Å². The molecule has 4 aromatic heterocycles. The Morgan fingerprint density at radius 1 is 0.951 bits per heavy atom. The van der Waals surface area contributed by atoms with Gasteiger partial charge in [-0.05, 0) is 48.5 Å². The fraction of sp³-hybridized carbons (Fsp3) is 0.138. The number of benzene rings is 2. The van der Waals surface area contributed by atoms with Crippen LogP contribution in [0.1, 0.15) is 10.4 Å². The molecule has 6 aromatic rings. The largest absolute Gasteiger partial charge is 0.494 e. The number of aromatic amines is 1. The van der Waals surface area contributed by atoms with E-state index in [0.29, 0.717) is 35.9 Å². The minimum absolute atomic E-state index is 0.133. The lowest BCUT2D eigenvalue weighted by Crippen LogP contribution is -2.36. The third-order valence-corrected chi connectivity index (χ3v) is 7.02. The summed E-state index contributed by atoms with van der Waals surface area (Å²) < 4.78 is 7.10. The molecule has 0 aliphatic carbocycles. The van der Waals surface area contributed by atoms with Gasteiger partial charge in [-0.3, -0.25) is 4.79 Å². The van der Waals surface area contributed by atoms with Crippen LogP contribution in [-0.2, 0) is 4.74 Å². The van der Waals surface area contributed by atoms with Crippen LogP contribution in [0.25, 0.3) is 27.7 Å². The number of fused-ring (bicyclic) bond motifs is 2. The number of nitrogens with one attached hydrogen (secondary N) is 3. The molecule has 0 spiro atoms. The van der Waals surface area contributed by atoms with Crippen LogP contribution in [0.5, 0.6) is 5.88 Å². The van der Waals surface area contributed by atoms with Crippen LogP contribution < -0.4 is 15.5 Å². The first-order valence-electron chi connectivity index (χ1n) is 13.1. The summed E-state index contributed by atoms with van der Waals surface area (Å²) in [6.07, 6.45) is 6.61. The molecule has 5 heterocycles. The Bertz CT molecular complexity index is 1860. The third kappa shape index (κ3) is 4.76. The smallest absolute Gasteiger partial charge is 0.255 e. The first-order chi connectivity index (χ1) is 20.1. The number of anilines is 4. The average Bonchev–Trinajstić information content (AvgIpc) is 3.66. The van der Waals surface area contributed by atoms with Crippen molar-refractivity contribution in [1.82, 2.24) is 29.5 Å². The molecule has 2 aromatic carbocycles. The summed E-state index contributed by atoms with van der Waals surface area (Å²) in [6, 6.07) is 16.6. The van der Waals surface area contributed by atoms with Gasteiger partial charge in [0.1, 0.15) is 12.1 Å². The molecule has 1 amide bonds. The predicted molar refractivity (Wildman–Crippen MR) is 155 cm³/mol. The molecule has 0 saturated carbocycles. The number of pyridine rings is 1. The van der Waals surface area contributed by atoms with E-state index in [1.165, 1.54) is 6.33 Å². The summed E-state index contributed by atoms with van der Waals surface area (Å²) in [5.41, 5.74) is 4.06. The molecule has 0 radical (unpaired) electrons. The monoisotopic (exact) mass is 547 g/mol. The molecule has 1 fully saturated rings. The van der Waals surface area contributed by atoms with E-state index in [-0.39, 0.29) is 11.8 Å². The van der Waals surface area contributed by atoms with Crippen molar-refractivity contribution in [2.24, 2.45) is 0 Å². The van der Waals surface area contributed by atoms with Crippen molar-refractivity contribution in [3.05, 3.63) is 85.1 Å². The van der Waals surface area contributed by atoms with Crippen molar-refractivity contribution in [3.63, 3.8) is 0 Å². The van der Waals surface area contributed by atoms with Gasteiger partial charge in [-0.25, -0.2) is 19.5 Å². The highest BCUT2D eigenvalue weighted by Gasteiger charge is 2.15. The number of carbonyl (C=O) groups excluding carboxylic acids is 1. The summed E-state index contributed by atoms with van der Waals surface area (Å²) in [5, 5.41) is 22.1. The number of nitrogens with zero attached hydrogens (tertiary/aromatic N) is 6. The number of morpholine rings is 1. The number of ether oxygens (including phenoxy) is 1. The fourth-order valence-corrected chi connectivity index (χ4v) is 4.87. The maximum absolute atomic E-state index is 12.8. The molecule has 4 N–H and O–H groups in total. The van der Waals surface area contributed by atoms with Crippen LogP contribution in [0, 0.1) is 0 Å². The molecule has 1 aliphatic heterocycles. The molecule has 1 aliphatic rings. The van der Waals surface area contributed by atoms with Gasteiger partial charge in [-0.2, -0.15) is 5.10 Å². The van der Waals surface area contributed by atoms with Gasteiger partial charge >= 0.3 is 0 Å². The van der Waals surface area contributed by atoms with Crippen LogP contribution in [0.2, 0.25) is 0 Å². The van der Waals surface area contributed by atoms with E-state index in [1.54, 1.807) is 35.2 Å². The van der Waals surface area contributed by atoms with Crippen molar-refractivity contribution in [2.45, 2.75) is 0 Å². The summed E-state index contributed by atoms with van der Waals surface area (Å²) in [5.74, 6) is 1.30. The quantitative estimate of drug-likeness (QED) is 0.241. The average molecular weight is 548 g/mol. The van der Waals surface area contributed by atoms with Crippen molar-refractivity contribution in [2.75, 3.05) is 41.8 Å².